The Balaban J connectivity index is 2.62. The number of aliphatic hydroxyl groups is 1. The van der Waals surface area contributed by atoms with Gasteiger partial charge in [-0.3, -0.25) is 0 Å². The fourth-order valence-corrected chi connectivity index (χ4v) is 1.01. The van der Waals surface area contributed by atoms with Gasteiger partial charge in [-0.25, -0.2) is 4.68 Å². The molecule has 0 aliphatic heterocycles. The van der Waals surface area contributed by atoms with Crippen LogP contribution in [0.5, 0.6) is 0 Å². The van der Waals surface area contributed by atoms with Crippen LogP contribution in [-0.4, -0.2) is 26.7 Å². The van der Waals surface area contributed by atoms with Crippen LogP contribution in [0.4, 0.5) is 0 Å². The molecule has 1 aromatic heterocycles. The van der Waals surface area contributed by atoms with Crippen LogP contribution in [0.25, 0.3) is 0 Å². The van der Waals surface area contributed by atoms with E-state index in [0.717, 1.165) is 18.5 Å². The Kier molecular flexibility index (Phi) is 3.04. The van der Waals surface area contributed by atoms with Gasteiger partial charge in [-0.1, -0.05) is 18.6 Å². The van der Waals surface area contributed by atoms with Crippen molar-refractivity contribution in [3.05, 3.63) is 11.9 Å². The third kappa shape index (κ3) is 2.01. The molecule has 0 unspecified atom stereocenters. The van der Waals surface area contributed by atoms with Gasteiger partial charge in [-0.15, -0.1) is 5.10 Å². The maximum atomic E-state index is 8.64. The van der Waals surface area contributed by atoms with E-state index in [1.54, 1.807) is 10.9 Å². The largest absolute Gasteiger partial charge is 0.394 e. The van der Waals surface area contributed by atoms with E-state index in [4.69, 9.17) is 5.11 Å². The molecule has 11 heavy (non-hydrogen) atoms. The van der Waals surface area contributed by atoms with Gasteiger partial charge in [-0.05, 0) is 6.42 Å². The van der Waals surface area contributed by atoms with Crippen molar-refractivity contribution in [2.24, 2.45) is 0 Å². The van der Waals surface area contributed by atoms with Crippen LogP contribution in [0.3, 0.4) is 0 Å². The fraction of sp³-hybridized carbons (Fsp3) is 0.714. The molecule has 0 atom stereocenters. The van der Waals surface area contributed by atoms with Gasteiger partial charge in [0.05, 0.1) is 25.0 Å². The zero-order chi connectivity index (χ0) is 8.10. The maximum Gasteiger partial charge on any atom is 0.0725 e. The molecule has 1 N–H and O–H groups in total. The molecule has 0 radical (unpaired) electrons. The summed E-state index contributed by atoms with van der Waals surface area (Å²) in [5, 5.41) is 16.2. The Morgan fingerprint density at radius 1 is 1.64 bits per heavy atom. The van der Waals surface area contributed by atoms with Crippen molar-refractivity contribution in [1.29, 1.82) is 0 Å². The van der Waals surface area contributed by atoms with E-state index >= 15 is 0 Å². The van der Waals surface area contributed by atoms with Crippen molar-refractivity contribution in [3.63, 3.8) is 0 Å². The van der Waals surface area contributed by atoms with E-state index < -0.39 is 0 Å². The highest BCUT2D eigenvalue weighted by molar-refractivity contribution is 4.93. The van der Waals surface area contributed by atoms with Gasteiger partial charge in [0.25, 0.3) is 0 Å². The molecule has 1 heterocycles. The Hall–Kier alpha value is -0.900. The third-order valence-corrected chi connectivity index (χ3v) is 1.52. The second kappa shape index (κ2) is 4.08. The molecule has 4 nitrogen and oxygen atoms in total. The Morgan fingerprint density at radius 3 is 3.09 bits per heavy atom. The van der Waals surface area contributed by atoms with Crippen LogP contribution < -0.4 is 0 Å². The Labute approximate surface area is 65.8 Å². The molecule has 0 saturated heterocycles. The molecule has 0 aromatic carbocycles. The molecular formula is C7H13N3O. The summed E-state index contributed by atoms with van der Waals surface area (Å²) in [5.41, 5.74) is 1.10. The summed E-state index contributed by atoms with van der Waals surface area (Å²) < 4.78 is 1.74. The molecule has 0 saturated carbocycles. The molecule has 1 rings (SSSR count). The summed E-state index contributed by atoms with van der Waals surface area (Å²) in [6.45, 7) is 2.78. The molecule has 0 aliphatic carbocycles. The topological polar surface area (TPSA) is 50.9 Å². The van der Waals surface area contributed by atoms with Crippen LogP contribution in [-0.2, 0) is 13.0 Å². The second-order valence-corrected chi connectivity index (χ2v) is 2.42. The number of aliphatic hydroxyl groups excluding tert-OH is 1. The van der Waals surface area contributed by atoms with Gasteiger partial charge in [0.1, 0.15) is 0 Å². The van der Waals surface area contributed by atoms with Crippen molar-refractivity contribution in [2.45, 2.75) is 26.3 Å². The zero-order valence-corrected chi connectivity index (χ0v) is 6.69. The quantitative estimate of drug-likeness (QED) is 0.676. The van der Waals surface area contributed by atoms with Gasteiger partial charge >= 0.3 is 0 Å². The number of rotatable bonds is 4. The van der Waals surface area contributed by atoms with Gasteiger partial charge in [0.2, 0.25) is 0 Å². The summed E-state index contributed by atoms with van der Waals surface area (Å²) in [6, 6.07) is 0. The monoisotopic (exact) mass is 155 g/mol. The minimum absolute atomic E-state index is 0.125. The van der Waals surface area contributed by atoms with Crippen LogP contribution in [0.2, 0.25) is 0 Å². The standard InChI is InChI=1S/C7H13N3O/c1-2-3-7-6-8-9-10(7)4-5-11/h6,11H,2-5H2,1H3. The SMILES string of the molecule is CCCc1cnnn1CCO. The van der Waals surface area contributed by atoms with Crippen molar-refractivity contribution in [1.82, 2.24) is 15.0 Å². The average Bonchev–Trinajstić information content (AvgIpc) is 2.39. The maximum absolute atomic E-state index is 8.64. The third-order valence-electron chi connectivity index (χ3n) is 1.52. The van der Waals surface area contributed by atoms with Gasteiger partial charge in [-0.2, -0.15) is 0 Å². The summed E-state index contributed by atoms with van der Waals surface area (Å²) in [4.78, 5) is 0. The van der Waals surface area contributed by atoms with E-state index in [1.165, 1.54) is 0 Å². The zero-order valence-electron chi connectivity index (χ0n) is 6.69. The Morgan fingerprint density at radius 2 is 2.45 bits per heavy atom. The molecule has 1 aromatic rings. The average molecular weight is 155 g/mol. The second-order valence-electron chi connectivity index (χ2n) is 2.42. The van der Waals surface area contributed by atoms with Crippen molar-refractivity contribution < 1.29 is 5.11 Å². The first-order chi connectivity index (χ1) is 5.38. The first-order valence-electron chi connectivity index (χ1n) is 3.86. The lowest BCUT2D eigenvalue weighted by molar-refractivity contribution is 0.266. The van der Waals surface area contributed by atoms with Crippen molar-refractivity contribution >= 4 is 0 Å². The van der Waals surface area contributed by atoms with Crippen LogP contribution >= 0.6 is 0 Å². The van der Waals surface area contributed by atoms with Crippen molar-refractivity contribution in [3.8, 4) is 0 Å². The minimum atomic E-state index is 0.125. The summed E-state index contributed by atoms with van der Waals surface area (Å²) >= 11 is 0. The van der Waals surface area contributed by atoms with Gasteiger partial charge in [0, 0.05) is 0 Å². The fourth-order valence-electron chi connectivity index (χ4n) is 1.01. The van der Waals surface area contributed by atoms with Crippen molar-refractivity contribution in [2.75, 3.05) is 6.61 Å². The number of aryl methyl sites for hydroxylation is 1. The highest BCUT2D eigenvalue weighted by Gasteiger charge is 2.00. The lowest BCUT2D eigenvalue weighted by Gasteiger charge is -2.00. The number of hydrogen-bond acceptors (Lipinski definition) is 3. The first-order valence-corrected chi connectivity index (χ1v) is 3.86. The van der Waals surface area contributed by atoms with E-state index in [1.807, 2.05) is 0 Å². The normalized spacial score (nSPS) is 10.4. The van der Waals surface area contributed by atoms with E-state index in [9.17, 15) is 0 Å². The molecule has 0 aliphatic rings. The molecule has 0 fully saturated rings. The van der Waals surface area contributed by atoms with Gasteiger partial charge in [0.15, 0.2) is 0 Å². The van der Waals surface area contributed by atoms with Crippen LogP contribution in [0.15, 0.2) is 6.20 Å². The summed E-state index contributed by atoms with van der Waals surface area (Å²) in [6.07, 6.45) is 3.81. The number of hydrogen-bond donors (Lipinski definition) is 1. The Bertz CT molecular complexity index is 189. The van der Waals surface area contributed by atoms with Gasteiger partial charge < -0.3 is 5.11 Å². The smallest absolute Gasteiger partial charge is 0.0725 e. The predicted molar refractivity (Wildman–Crippen MR) is 41.1 cm³/mol. The summed E-state index contributed by atoms with van der Waals surface area (Å²) in [7, 11) is 0. The predicted octanol–water partition coefficient (Wildman–Crippen LogP) is 0.223. The molecule has 0 amide bonds. The lowest BCUT2D eigenvalue weighted by Crippen LogP contribution is -2.07. The highest BCUT2D eigenvalue weighted by atomic mass is 16.3. The molecule has 4 heteroatoms. The first kappa shape index (κ1) is 8.20. The molecule has 62 valence electrons. The summed E-state index contributed by atoms with van der Waals surface area (Å²) in [5.74, 6) is 0. The number of aromatic nitrogens is 3. The minimum Gasteiger partial charge on any atom is -0.394 e. The van der Waals surface area contributed by atoms with E-state index in [0.29, 0.717) is 6.54 Å². The van der Waals surface area contributed by atoms with Crippen LogP contribution in [0.1, 0.15) is 19.0 Å². The highest BCUT2D eigenvalue weighted by Crippen LogP contribution is 1.99. The molecular weight excluding hydrogens is 142 g/mol. The van der Waals surface area contributed by atoms with E-state index in [2.05, 4.69) is 17.2 Å². The van der Waals surface area contributed by atoms with E-state index in [-0.39, 0.29) is 6.61 Å². The molecule has 0 spiro atoms. The van der Waals surface area contributed by atoms with Crippen LogP contribution in [0, 0.1) is 0 Å². The number of nitrogens with zero attached hydrogens (tertiary/aromatic N) is 3. The lowest BCUT2D eigenvalue weighted by atomic mass is 10.3. The molecule has 0 bridgehead atoms.